The maximum Gasteiger partial charge on any atom is 0.531 e. The SMILES string of the molecule is CCOP(=O)(OCC)O/C(COc1ccccc1)=N\N=C1/C(=O)Nc2ccccc21. The monoisotopic (exact) mass is 431 g/mol. The molecule has 158 valence electrons. The number of hydrogen-bond acceptors (Lipinski definition) is 8. The largest absolute Gasteiger partial charge is 0.531 e. The lowest BCUT2D eigenvalue weighted by atomic mass is 10.1. The fourth-order valence-corrected chi connectivity index (χ4v) is 3.74. The molecule has 1 aliphatic rings. The van der Waals surface area contributed by atoms with Crippen molar-refractivity contribution in [1.29, 1.82) is 0 Å². The number of anilines is 1. The van der Waals surface area contributed by atoms with Crippen LogP contribution in [0.15, 0.2) is 64.8 Å². The van der Waals surface area contributed by atoms with Gasteiger partial charge in [-0.3, -0.25) is 13.8 Å². The Kier molecular flexibility index (Phi) is 7.35. The fraction of sp³-hybridized carbons (Fsp3) is 0.250. The van der Waals surface area contributed by atoms with Crippen molar-refractivity contribution >= 4 is 31.0 Å². The van der Waals surface area contributed by atoms with E-state index in [1.807, 2.05) is 6.07 Å². The molecule has 1 aliphatic heterocycles. The van der Waals surface area contributed by atoms with Gasteiger partial charge in [-0.05, 0) is 32.0 Å². The molecule has 2 aromatic rings. The van der Waals surface area contributed by atoms with Gasteiger partial charge in [-0.1, -0.05) is 36.4 Å². The first kappa shape index (κ1) is 21.7. The number of amides is 1. The van der Waals surface area contributed by atoms with E-state index < -0.39 is 13.7 Å². The number of fused-ring (bicyclic) bond motifs is 1. The molecular weight excluding hydrogens is 409 g/mol. The topological polar surface area (TPSA) is 108 Å². The molecule has 0 aromatic heterocycles. The Hall–Kier alpha value is -3.00. The molecule has 10 heteroatoms. The molecule has 1 N–H and O–H groups in total. The van der Waals surface area contributed by atoms with Crippen LogP contribution in [0.4, 0.5) is 5.69 Å². The minimum Gasteiger partial charge on any atom is -0.484 e. The second-order valence-corrected chi connectivity index (χ2v) is 7.51. The third-order valence-electron chi connectivity index (χ3n) is 3.80. The van der Waals surface area contributed by atoms with Gasteiger partial charge in [0.1, 0.15) is 5.75 Å². The Morgan fingerprint density at radius 3 is 2.37 bits per heavy atom. The summed E-state index contributed by atoms with van der Waals surface area (Å²) in [5, 5.41) is 10.7. The minimum atomic E-state index is -3.92. The summed E-state index contributed by atoms with van der Waals surface area (Å²) in [7, 11) is -3.92. The zero-order valence-electron chi connectivity index (χ0n) is 16.6. The van der Waals surface area contributed by atoms with Crippen LogP contribution >= 0.6 is 7.82 Å². The van der Waals surface area contributed by atoms with E-state index >= 15 is 0 Å². The third kappa shape index (κ3) is 5.54. The number of phosphoric ester groups is 1. The van der Waals surface area contributed by atoms with Crippen molar-refractivity contribution in [3.05, 3.63) is 60.2 Å². The average molecular weight is 431 g/mol. The number of para-hydroxylation sites is 2. The molecule has 1 amide bonds. The van der Waals surface area contributed by atoms with E-state index in [0.717, 1.165) is 0 Å². The van der Waals surface area contributed by atoms with Crippen LogP contribution in [0.1, 0.15) is 19.4 Å². The minimum absolute atomic E-state index is 0.106. The molecule has 9 nitrogen and oxygen atoms in total. The summed E-state index contributed by atoms with van der Waals surface area (Å²) in [6, 6.07) is 16.0. The van der Waals surface area contributed by atoms with Crippen molar-refractivity contribution in [3.8, 4) is 5.75 Å². The van der Waals surface area contributed by atoms with Gasteiger partial charge in [0.05, 0.1) is 18.9 Å². The van der Waals surface area contributed by atoms with Crippen LogP contribution in [0.3, 0.4) is 0 Å². The summed E-state index contributed by atoms with van der Waals surface area (Å²) in [5.41, 5.74) is 1.34. The van der Waals surface area contributed by atoms with Crippen LogP contribution in [0.2, 0.25) is 0 Å². The van der Waals surface area contributed by atoms with Gasteiger partial charge in [0.25, 0.3) is 11.8 Å². The molecule has 0 unspecified atom stereocenters. The molecule has 0 saturated heterocycles. The second-order valence-electron chi connectivity index (χ2n) is 5.92. The molecular formula is C20H22N3O6P. The Balaban J connectivity index is 1.88. The molecule has 0 fully saturated rings. The fourth-order valence-electron chi connectivity index (χ4n) is 2.58. The maximum absolute atomic E-state index is 12.8. The lowest BCUT2D eigenvalue weighted by molar-refractivity contribution is -0.110. The molecule has 0 aliphatic carbocycles. The number of nitrogens with one attached hydrogen (secondary N) is 1. The summed E-state index contributed by atoms with van der Waals surface area (Å²) in [6.45, 7) is 3.33. The predicted molar refractivity (Wildman–Crippen MR) is 113 cm³/mol. The molecule has 0 spiro atoms. The lowest BCUT2D eigenvalue weighted by Crippen LogP contribution is -2.17. The van der Waals surface area contributed by atoms with Gasteiger partial charge >= 0.3 is 7.82 Å². The molecule has 0 atom stereocenters. The van der Waals surface area contributed by atoms with Crippen LogP contribution in [-0.2, 0) is 22.9 Å². The van der Waals surface area contributed by atoms with Gasteiger partial charge < -0.3 is 14.6 Å². The number of hydrogen-bond donors (Lipinski definition) is 1. The van der Waals surface area contributed by atoms with E-state index in [2.05, 4.69) is 15.5 Å². The molecule has 0 radical (unpaired) electrons. The van der Waals surface area contributed by atoms with Crippen molar-refractivity contribution in [3.63, 3.8) is 0 Å². The van der Waals surface area contributed by atoms with Gasteiger partial charge in [-0.25, -0.2) is 4.57 Å². The first-order valence-electron chi connectivity index (χ1n) is 9.36. The summed E-state index contributed by atoms with van der Waals surface area (Å²) >= 11 is 0. The highest BCUT2D eigenvalue weighted by Gasteiger charge is 2.30. The number of carbonyl (C=O) groups excluding carboxylic acids is 1. The van der Waals surface area contributed by atoms with Crippen LogP contribution in [-0.4, -0.2) is 37.3 Å². The Morgan fingerprint density at radius 1 is 1.00 bits per heavy atom. The molecule has 3 rings (SSSR count). The first-order valence-corrected chi connectivity index (χ1v) is 10.8. The molecule has 30 heavy (non-hydrogen) atoms. The van der Waals surface area contributed by atoms with Crippen molar-refractivity contribution < 1.29 is 27.7 Å². The quantitative estimate of drug-likeness (QED) is 0.278. The molecule has 0 saturated carbocycles. The Bertz CT molecular complexity index is 983. The number of carbonyl (C=O) groups is 1. The van der Waals surface area contributed by atoms with E-state index in [-0.39, 0.29) is 31.4 Å². The van der Waals surface area contributed by atoms with E-state index in [4.69, 9.17) is 18.3 Å². The van der Waals surface area contributed by atoms with Crippen molar-refractivity contribution in [2.45, 2.75) is 13.8 Å². The Labute approximate surface area is 174 Å². The summed E-state index contributed by atoms with van der Waals surface area (Å²) in [4.78, 5) is 12.2. The van der Waals surface area contributed by atoms with Gasteiger partial charge in [-0.2, -0.15) is 0 Å². The molecule has 2 aromatic carbocycles. The summed E-state index contributed by atoms with van der Waals surface area (Å²) in [6.07, 6.45) is 0. The smallest absolute Gasteiger partial charge is 0.484 e. The maximum atomic E-state index is 12.8. The van der Waals surface area contributed by atoms with Crippen LogP contribution in [0.5, 0.6) is 5.75 Å². The number of benzene rings is 2. The molecule has 1 heterocycles. The van der Waals surface area contributed by atoms with Crippen molar-refractivity contribution in [1.82, 2.24) is 0 Å². The van der Waals surface area contributed by atoms with E-state index in [1.54, 1.807) is 62.4 Å². The number of ether oxygens (including phenoxy) is 1. The zero-order valence-corrected chi connectivity index (χ0v) is 17.5. The highest BCUT2D eigenvalue weighted by Crippen LogP contribution is 2.49. The lowest BCUT2D eigenvalue weighted by Gasteiger charge is -2.17. The summed E-state index contributed by atoms with van der Waals surface area (Å²) < 4.78 is 34.1. The highest BCUT2D eigenvalue weighted by atomic mass is 31.2. The van der Waals surface area contributed by atoms with E-state index in [9.17, 15) is 9.36 Å². The normalized spacial score (nSPS) is 15.1. The average Bonchev–Trinajstić information content (AvgIpc) is 3.06. The van der Waals surface area contributed by atoms with Gasteiger partial charge in [-0.15, -0.1) is 10.2 Å². The van der Waals surface area contributed by atoms with Crippen LogP contribution < -0.4 is 10.1 Å². The number of nitrogens with zero attached hydrogens (tertiary/aromatic N) is 2. The van der Waals surface area contributed by atoms with E-state index in [1.165, 1.54) is 0 Å². The third-order valence-corrected chi connectivity index (χ3v) is 5.39. The van der Waals surface area contributed by atoms with Crippen LogP contribution in [0.25, 0.3) is 0 Å². The molecule has 0 bridgehead atoms. The predicted octanol–water partition coefficient (Wildman–Crippen LogP) is 4.02. The van der Waals surface area contributed by atoms with Gasteiger partial charge in [0, 0.05) is 5.56 Å². The standard InChI is InChI=1S/C20H22N3O6P/c1-3-27-30(25,28-4-2)29-18(14-26-15-10-6-5-7-11-15)22-23-19-16-12-8-9-13-17(16)21-20(19)24/h5-13H,3-4,14H2,1-2H3,(H,21,23,24)/b22-18-. The number of phosphoric acid groups is 1. The summed E-state index contributed by atoms with van der Waals surface area (Å²) in [5.74, 6) is -0.0112. The second kappa shape index (κ2) is 10.2. The first-order chi connectivity index (χ1) is 14.5. The van der Waals surface area contributed by atoms with E-state index in [0.29, 0.717) is 17.0 Å². The van der Waals surface area contributed by atoms with Crippen LogP contribution in [0, 0.1) is 0 Å². The van der Waals surface area contributed by atoms with Crippen molar-refractivity contribution in [2.24, 2.45) is 10.2 Å². The zero-order chi connectivity index (χ0) is 21.4. The van der Waals surface area contributed by atoms with Gasteiger partial charge in [0.2, 0.25) is 0 Å². The number of rotatable bonds is 9. The highest BCUT2D eigenvalue weighted by molar-refractivity contribution is 7.49. The Morgan fingerprint density at radius 2 is 1.67 bits per heavy atom. The van der Waals surface area contributed by atoms with Crippen molar-refractivity contribution in [2.75, 3.05) is 25.1 Å². The van der Waals surface area contributed by atoms with Gasteiger partial charge in [0.15, 0.2) is 12.3 Å².